The van der Waals surface area contributed by atoms with E-state index in [1.165, 1.54) is 4.57 Å². The number of rotatable bonds is 1. The third-order valence-electron chi connectivity index (χ3n) is 2.25. The van der Waals surface area contributed by atoms with E-state index >= 15 is 0 Å². The lowest BCUT2D eigenvalue weighted by Gasteiger charge is -1.97. The molecule has 0 saturated carbocycles. The Balaban J connectivity index is 3.11. The van der Waals surface area contributed by atoms with E-state index in [1.807, 2.05) is 0 Å². The van der Waals surface area contributed by atoms with E-state index in [0.29, 0.717) is 11.0 Å². The maximum absolute atomic E-state index is 11.7. The molecule has 1 aromatic heterocycles. The molecule has 2 rings (SSSR count). The minimum absolute atomic E-state index is 0.410. The van der Waals surface area contributed by atoms with E-state index in [9.17, 15) is 13.2 Å². The molecule has 2 aromatic rings. The first-order chi connectivity index (χ1) is 6.93. The van der Waals surface area contributed by atoms with Crippen molar-refractivity contribution in [3.8, 4) is 0 Å². The Labute approximate surface area is 86.6 Å². The molecule has 0 spiro atoms. The van der Waals surface area contributed by atoms with Crippen LogP contribution in [0.3, 0.4) is 0 Å². The Kier molecular flexibility index (Phi) is 1.97. The summed E-state index contributed by atoms with van der Waals surface area (Å²) < 4.78 is 25.0. The number of aryl methyl sites for hydroxylation is 1. The van der Waals surface area contributed by atoms with E-state index in [0.717, 1.165) is 10.2 Å². The second kappa shape index (κ2) is 2.96. The van der Waals surface area contributed by atoms with Gasteiger partial charge >= 0.3 is 5.69 Å². The van der Waals surface area contributed by atoms with Crippen LogP contribution in [0.5, 0.6) is 0 Å². The van der Waals surface area contributed by atoms with Gasteiger partial charge in [0.2, 0.25) is 10.0 Å². The molecule has 0 aliphatic carbocycles. The fourth-order valence-electron chi connectivity index (χ4n) is 1.58. The van der Waals surface area contributed by atoms with Gasteiger partial charge in [0.15, 0.2) is 0 Å². The molecule has 0 saturated heterocycles. The normalized spacial score (nSPS) is 12.1. The molecule has 0 unspecified atom stereocenters. The lowest BCUT2D eigenvalue weighted by Crippen LogP contribution is -2.27. The maximum Gasteiger partial charge on any atom is 0.342 e. The highest BCUT2D eigenvalue weighted by molar-refractivity contribution is 7.89. The van der Waals surface area contributed by atoms with E-state index < -0.39 is 15.7 Å². The summed E-state index contributed by atoms with van der Waals surface area (Å²) in [4.78, 5) is 11.7. The molecule has 0 atom stereocenters. The molecule has 15 heavy (non-hydrogen) atoms. The van der Waals surface area contributed by atoms with Crippen LogP contribution < -0.4 is 5.69 Å². The third-order valence-corrected chi connectivity index (χ3v) is 3.27. The highest BCUT2D eigenvalue weighted by atomic mass is 32.2. The van der Waals surface area contributed by atoms with Crippen LogP contribution in [0.4, 0.5) is 0 Å². The van der Waals surface area contributed by atoms with Crippen molar-refractivity contribution < 1.29 is 8.42 Å². The lowest BCUT2D eigenvalue weighted by atomic mass is 10.3. The fourth-order valence-corrected chi connectivity index (χ4v) is 2.50. The van der Waals surface area contributed by atoms with Crippen molar-refractivity contribution in [3.63, 3.8) is 0 Å². The molecule has 0 aliphatic rings. The quantitative estimate of drug-likeness (QED) is 0.695. The average molecular weight is 226 g/mol. The molecule has 1 aromatic carbocycles. The van der Waals surface area contributed by atoms with Crippen LogP contribution in [0.1, 0.15) is 0 Å². The molecule has 5 nitrogen and oxygen atoms in total. The number of imidazole rings is 1. The zero-order valence-electron chi connectivity index (χ0n) is 8.34. The van der Waals surface area contributed by atoms with E-state index in [-0.39, 0.29) is 0 Å². The maximum atomic E-state index is 11.7. The predicted molar refractivity (Wildman–Crippen MR) is 57.4 cm³/mol. The smallest absolute Gasteiger partial charge is 0.294 e. The van der Waals surface area contributed by atoms with Crippen molar-refractivity contribution >= 4 is 21.1 Å². The Morgan fingerprint density at radius 3 is 2.20 bits per heavy atom. The zero-order chi connectivity index (χ0) is 11.2. The Hall–Kier alpha value is -1.56. The first-order valence-corrected chi connectivity index (χ1v) is 6.15. The van der Waals surface area contributed by atoms with Crippen LogP contribution in [-0.4, -0.2) is 23.2 Å². The fraction of sp³-hybridized carbons (Fsp3) is 0.222. The summed E-state index contributed by atoms with van der Waals surface area (Å²) in [6.07, 6.45) is 1.01. The van der Waals surface area contributed by atoms with Crippen molar-refractivity contribution in [2.75, 3.05) is 6.26 Å². The molecule has 80 valence electrons. The number of aromatic nitrogens is 2. The highest BCUT2D eigenvalue weighted by Gasteiger charge is 2.16. The Bertz CT molecular complexity index is 679. The average Bonchev–Trinajstić information content (AvgIpc) is 2.39. The van der Waals surface area contributed by atoms with Crippen molar-refractivity contribution in [2.24, 2.45) is 7.05 Å². The Morgan fingerprint density at radius 1 is 1.13 bits per heavy atom. The largest absolute Gasteiger partial charge is 0.342 e. The minimum Gasteiger partial charge on any atom is -0.294 e. The van der Waals surface area contributed by atoms with Gasteiger partial charge in [0.25, 0.3) is 0 Å². The van der Waals surface area contributed by atoms with Gasteiger partial charge in [-0.25, -0.2) is 13.2 Å². The molecule has 1 heterocycles. The second-order valence-electron chi connectivity index (χ2n) is 3.36. The molecule has 6 heteroatoms. The molecule has 0 aliphatic heterocycles. The topological polar surface area (TPSA) is 61.1 Å². The van der Waals surface area contributed by atoms with Gasteiger partial charge in [0.05, 0.1) is 17.3 Å². The van der Waals surface area contributed by atoms with Gasteiger partial charge in [-0.15, -0.1) is 0 Å². The van der Waals surface area contributed by atoms with Gasteiger partial charge in [-0.1, -0.05) is 12.1 Å². The molecule has 0 bridgehead atoms. The number of fused-ring (bicyclic) bond motifs is 1. The third kappa shape index (κ3) is 1.37. The van der Waals surface area contributed by atoms with Gasteiger partial charge in [0, 0.05) is 7.05 Å². The molecule has 0 radical (unpaired) electrons. The van der Waals surface area contributed by atoms with E-state index in [2.05, 4.69) is 0 Å². The summed E-state index contributed by atoms with van der Waals surface area (Å²) in [6.45, 7) is 0. The number of hydrogen-bond acceptors (Lipinski definition) is 3. The summed E-state index contributed by atoms with van der Waals surface area (Å²) >= 11 is 0. The summed E-state index contributed by atoms with van der Waals surface area (Å²) in [7, 11) is -2.01. The minimum atomic E-state index is -3.56. The van der Waals surface area contributed by atoms with Crippen molar-refractivity contribution in [1.82, 2.24) is 8.54 Å². The predicted octanol–water partition coefficient (Wildman–Crippen LogP) is 0.148. The van der Waals surface area contributed by atoms with Crippen LogP contribution in [-0.2, 0) is 17.1 Å². The molecule has 0 fully saturated rings. The summed E-state index contributed by atoms with van der Waals surface area (Å²) in [6, 6.07) is 6.77. The number of nitrogens with zero attached hydrogens (tertiary/aromatic N) is 2. The number of hydrogen-bond donors (Lipinski definition) is 0. The summed E-state index contributed by atoms with van der Waals surface area (Å²) in [5, 5.41) is 0. The van der Waals surface area contributed by atoms with Crippen LogP contribution in [0.15, 0.2) is 29.1 Å². The van der Waals surface area contributed by atoms with Gasteiger partial charge in [-0.2, -0.15) is 3.97 Å². The Morgan fingerprint density at radius 2 is 1.67 bits per heavy atom. The lowest BCUT2D eigenvalue weighted by molar-refractivity contribution is 0.592. The highest BCUT2D eigenvalue weighted by Crippen LogP contribution is 2.12. The van der Waals surface area contributed by atoms with Gasteiger partial charge in [-0.05, 0) is 12.1 Å². The zero-order valence-corrected chi connectivity index (χ0v) is 9.15. The standard InChI is InChI=1S/C9H10N2O3S/c1-10-7-5-3-4-6-8(7)11(9(10)12)15(2,13)14/h3-6H,1-2H3. The molecular weight excluding hydrogens is 216 g/mol. The molecule has 0 amide bonds. The van der Waals surface area contributed by atoms with Crippen LogP contribution in [0, 0.1) is 0 Å². The van der Waals surface area contributed by atoms with Crippen LogP contribution in [0.2, 0.25) is 0 Å². The molecular formula is C9H10N2O3S. The van der Waals surface area contributed by atoms with Gasteiger partial charge in [0.1, 0.15) is 0 Å². The summed E-state index contributed by atoms with van der Waals surface area (Å²) in [5.74, 6) is 0. The van der Waals surface area contributed by atoms with E-state index in [4.69, 9.17) is 0 Å². The van der Waals surface area contributed by atoms with Gasteiger partial charge in [-0.3, -0.25) is 4.57 Å². The second-order valence-corrected chi connectivity index (χ2v) is 5.19. The van der Waals surface area contributed by atoms with E-state index in [1.54, 1.807) is 31.3 Å². The van der Waals surface area contributed by atoms with Crippen molar-refractivity contribution in [2.45, 2.75) is 0 Å². The van der Waals surface area contributed by atoms with Crippen molar-refractivity contribution in [3.05, 3.63) is 34.7 Å². The SMILES string of the molecule is Cn1c(=O)n(S(C)(=O)=O)c2ccccc21. The monoisotopic (exact) mass is 226 g/mol. The summed E-state index contributed by atoms with van der Waals surface area (Å²) in [5.41, 5.74) is 0.471. The van der Waals surface area contributed by atoms with Crippen molar-refractivity contribution in [1.29, 1.82) is 0 Å². The van der Waals surface area contributed by atoms with Gasteiger partial charge < -0.3 is 0 Å². The number of para-hydroxylation sites is 2. The number of benzene rings is 1. The van der Waals surface area contributed by atoms with Crippen LogP contribution in [0.25, 0.3) is 11.0 Å². The first kappa shape index (κ1) is 9.97. The molecule has 0 N–H and O–H groups in total. The first-order valence-electron chi connectivity index (χ1n) is 4.30. The van der Waals surface area contributed by atoms with Crippen LogP contribution >= 0.6 is 0 Å².